The second kappa shape index (κ2) is 6.54. The minimum absolute atomic E-state index is 0.140. The first-order valence-electron chi connectivity index (χ1n) is 6.75. The zero-order valence-corrected chi connectivity index (χ0v) is 12.7. The predicted molar refractivity (Wildman–Crippen MR) is 75.4 cm³/mol. The van der Waals surface area contributed by atoms with Crippen LogP contribution in [0.4, 0.5) is 0 Å². The van der Waals surface area contributed by atoms with Crippen molar-refractivity contribution in [3.05, 3.63) is 17.0 Å². The molecule has 1 heterocycles. The molecular formula is C14H23N3O3. The van der Waals surface area contributed by atoms with E-state index in [4.69, 9.17) is 5.11 Å². The van der Waals surface area contributed by atoms with Crippen LogP contribution in [0.15, 0.2) is 0 Å². The Hall–Kier alpha value is -1.85. The number of hydrogen-bond acceptors (Lipinski definition) is 3. The van der Waals surface area contributed by atoms with Crippen molar-refractivity contribution in [3.8, 4) is 0 Å². The smallest absolute Gasteiger partial charge is 0.326 e. The maximum atomic E-state index is 11.9. The van der Waals surface area contributed by atoms with E-state index in [9.17, 15) is 9.59 Å². The molecule has 20 heavy (non-hydrogen) atoms. The first-order chi connectivity index (χ1) is 9.23. The van der Waals surface area contributed by atoms with E-state index in [1.807, 2.05) is 20.9 Å². The van der Waals surface area contributed by atoms with Crippen molar-refractivity contribution in [1.82, 2.24) is 15.1 Å². The van der Waals surface area contributed by atoms with Crippen LogP contribution in [-0.4, -0.2) is 32.8 Å². The molecule has 0 bridgehead atoms. The molecule has 112 valence electrons. The molecule has 0 aliphatic rings. The number of amides is 1. The van der Waals surface area contributed by atoms with Gasteiger partial charge in [-0.3, -0.25) is 9.48 Å². The molecular weight excluding hydrogens is 258 g/mol. The van der Waals surface area contributed by atoms with Crippen molar-refractivity contribution in [2.75, 3.05) is 0 Å². The molecule has 0 saturated carbocycles. The number of carboxylic acids is 1. The Labute approximate surface area is 119 Å². The number of nitrogens with one attached hydrogen (secondary N) is 1. The second-order valence-corrected chi connectivity index (χ2v) is 5.40. The van der Waals surface area contributed by atoms with E-state index < -0.39 is 12.0 Å². The van der Waals surface area contributed by atoms with E-state index >= 15 is 0 Å². The van der Waals surface area contributed by atoms with Crippen LogP contribution in [0.25, 0.3) is 0 Å². The summed E-state index contributed by atoms with van der Waals surface area (Å²) in [6, 6.07) is -0.835. The highest BCUT2D eigenvalue weighted by atomic mass is 16.4. The first kappa shape index (κ1) is 16.2. The van der Waals surface area contributed by atoms with Gasteiger partial charge in [0.25, 0.3) is 0 Å². The SMILES string of the molecule is Cc1nn(C)c(C)c1CCC(=O)NC(C(=O)O)C(C)C. The van der Waals surface area contributed by atoms with Crippen LogP contribution >= 0.6 is 0 Å². The Balaban J connectivity index is 2.61. The minimum Gasteiger partial charge on any atom is -0.480 e. The van der Waals surface area contributed by atoms with E-state index in [0.717, 1.165) is 17.0 Å². The van der Waals surface area contributed by atoms with Gasteiger partial charge in [-0.25, -0.2) is 4.79 Å². The molecule has 1 atom stereocenters. The van der Waals surface area contributed by atoms with Gasteiger partial charge in [-0.1, -0.05) is 13.8 Å². The molecule has 1 amide bonds. The van der Waals surface area contributed by atoms with Gasteiger partial charge in [0.15, 0.2) is 0 Å². The number of aryl methyl sites for hydroxylation is 2. The monoisotopic (exact) mass is 281 g/mol. The van der Waals surface area contributed by atoms with Crippen molar-refractivity contribution >= 4 is 11.9 Å². The summed E-state index contributed by atoms with van der Waals surface area (Å²) < 4.78 is 1.79. The summed E-state index contributed by atoms with van der Waals surface area (Å²) in [6.07, 6.45) is 0.839. The quantitative estimate of drug-likeness (QED) is 0.820. The number of carboxylic acid groups (broad SMARTS) is 1. The fourth-order valence-corrected chi connectivity index (χ4v) is 2.18. The van der Waals surface area contributed by atoms with Gasteiger partial charge in [-0.2, -0.15) is 5.10 Å². The highest BCUT2D eigenvalue weighted by Gasteiger charge is 2.23. The number of carbonyl (C=O) groups is 2. The average molecular weight is 281 g/mol. The van der Waals surface area contributed by atoms with Crippen molar-refractivity contribution in [2.45, 2.75) is 46.6 Å². The van der Waals surface area contributed by atoms with Crippen molar-refractivity contribution in [2.24, 2.45) is 13.0 Å². The number of aromatic nitrogens is 2. The lowest BCUT2D eigenvalue weighted by atomic mass is 10.0. The normalized spacial score (nSPS) is 12.5. The zero-order chi connectivity index (χ0) is 15.4. The lowest BCUT2D eigenvalue weighted by Crippen LogP contribution is -2.44. The van der Waals surface area contributed by atoms with Gasteiger partial charge >= 0.3 is 5.97 Å². The van der Waals surface area contributed by atoms with E-state index in [0.29, 0.717) is 6.42 Å². The number of aliphatic carboxylic acids is 1. The molecule has 1 aromatic rings. The lowest BCUT2D eigenvalue weighted by Gasteiger charge is -2.17. The molecule has 0 aliphatic carbocycles. The third kappa shape index (κ3) is 3.82. The summed E-state index contributed by atoms with van der Waals surface area (Å²) in [5.74, 6) is -1.38. The van der Waals surface area contributed by atoms with E-state index in [-0.39, 0.29) is 18.2 Å². The minimum atomic E-state index is -0.998. The molecule has 6 nitrogen and oxygen atoms in total. The van der Waals surface area contributed by atoms with E-state index in [2.05, 4.69) is 10.4 Å². The van der Waals surface area contributed by atoms with Gasteiger partial charge in [0.2, 0.25) is 5.91 Å². The highest BCUT2D eigenvalue weighted by molar-refractivity contribution is 5.83. The zero-order valence-electron chi connectivity index (χ0n) is 12.7. The van der Waals surface area contributed by atoms with E-state index in [1.165, 1.54) is 0 Å². The van der Waals surface area contributed by atoms with E-state index in [1.54, 1.807) is 18.5 Å². The molecule has 1 aromatic heterocycles. The summed E-state index contributed by atoms with van der Waals surface area (Å²) in [7, 11) is 1.87. The fraction of sp³-hybridized carbons (Fsp3) is 0.643. The molecule has 0 spiro atoms. The predicted octanol–water partition coefficient (Wildman–Crippen LogP) is 1.19. The van der Waals surface area contributed by atoms with Crippen LogP contribution in [-0.2, 0) is 23.1 Å². The van der Waals surface area contributed by atoms with Gasteiger partial charge in [0.05, 0.1) is 5.69 Å². The molecule has 6 heteroatoms. The standard InChI is InChI=1S/C14H23N3O3/c1-8(2)13(14(19)20)15-12(18)7-6-11-9(3)16-17(5)10(11)4/h8,13H,6-7H2,1-5H3,(H,15,18)(H,19,20). The molecule has 0 aromatic carbocycles. The average Bonchev–Trinajstić information content (AvgIpc) is 2.57. The Morgan fingerprint density at radius 1 is 1.35 bits per heavy atom. The Morgan fingerprint density at radius 2 is 1.95 bits per heavy atom. The van der Waals surface area contributed by atoms with Crippen molar-refractivity contribution < 1.29 is 14.7 Å². The largest absolute Gasteiger partial charge is 0.480 e. The van der Waals surface area contributed by atoms with Crippen LogP contribution in [0.5, 0.6) is 0 Å². The van der Waals surface area contributed by atoms with Gasteiger partial charge in [-0.15, -0.1) is 0 Å². The Kier molecular flexibility index (Phi) is 5.30. The molecule has 2 N–H and O–H groups in total. The third-order valence-corrected chi connectivity index (χ3v) is 3.51. The molecule has 1 unspecified atom stereocenters. The number of nitrogens with zero attached hydrogens (tertiary/aromatic N) is 2. The fourth-order valence-electron chi connectivity index (χ4n) is 2.18. The number of rotatable bonds is 6. The molecule has 1 rings (SSSR count). The molecule has 0 fully saturated rings. The summed E-state index contributed by atoms with van der Waals surface area (Å²) in [4.78, 5) is 22.9. The van der Waals surface area contributed by atoms with Gasteiger partial charge in [0.1, 0.15) is 6.04 Å². The summed E-state index contributed by atoms with van der Waals surface area (Å²) in [5.41, 5.74) is 3.00. The molecule has 0 aliphatic heterocycles. The molecule has 0 saturated heterocycles. The van der Waals surface area contributed by atoms with Crippen LogP contribution < -0.4 is 5.32 Å². The Bertz CT molecular complexity index is 506. The van der Waals surface area contributed by atoms with Gasteiger partial charge in [0, 0.05) is 19.2 Å². The number of carbonyl (C=O) groups excluding carboxylic acids is 1. The Morgan fingerprint density at radius 3 is 2.35 bits per heavy atom. The number of hydrogen-bond donors (Lipinski definition) is 2. The second-order valence-electron chi connectivity index (χ2n) is 5.40. The van der Waals surface area contributed by atoms with Crippen LogP contribution in [0.1, 0.15) is 37.2 Å². The van der Waals surface area contributed by atoms with Crippen LogP contribution in [0.3, 0.4) is 0 Å². The van der Waals surface area contributed by atoms with Crippen LogP contribution in [0, 0.1) is 19.8 Å². The van der Waals surface area contributed by atoms with Crippen molar-refractivity contribution in [1.29, 1.82) is 0 Å². The summed E-state index contributed by atoms with van der Waals surface area (Å²) in [6.45, 7) is 7.42. The highest BCUT2D eigenvalue weighted by Crippen LogP contribution is 2.14. The van der Waals surface area contributed by atoms with Crippen molar-refractivity contribution in [3.63, 3.8) is 0 Å². The van der Waals surface area contributed by atoms with Gasteiger partial charge in [-0.05, 0) is 31.7 Å². The third-order valence-electron chi connectivity index (χ3n) is 3.51. The van der Waals surface area contributed by atoms with Crippen LogP contribution in [0.2, 0.25) is 0 Å². The maximum Gasteiger partial charge on any atom is 0.326 e. The summed E-state index contributed by atoms with van der Waals surface area (Å²) >= 11 is 0. The topological polar surface area (TPSA) is 84.2 Å². The first-order valence-corrected chi connectivity index (χ1v) is 6.75. The lowest BCUT2D eigenvalue weighted by molar-refractivity contribution is -0.143. The molecule has 0 radical (unpaired) electrons. The summed E-state index contributed by atoms with van der Waals surface area (Å²) in [5, 5.41) is 15.9. The van der Waals surface area contributed by atoms with Gasteiger partial charge < -0.3 is 10.4 Å². The maximum absolute atomic E-state index is 11.9.